The molecular formula is C25H37N3O2. The number of carbonyl (C=O) groups is 2. The fraction of sp³-hybridized carbons (Fsp3) is 0.520. The van der Waals surface area contributed by atoms with Gasteiger partial charge in [-0.3, -0.25) is 9.59 Å². The van der Waals surface area contributed by atoms with Crippen LogP contribution in [0.25, 0.3) is 0 Å². The van der Waals surface area contributed by atoms with Crippen LogP contribution < -0.4 is 0 Å². The molecule has 2 rings (SSSR count). The van der Waals surface area contributed by atoms with E-state index in [0.29, 0.717) is 6.54 Å². The molecule has 2 amide bonds. The predicted octanol–water partition coefficient (Wildman–Crippen LogP) is 4.62. The van der Waals surface area contributed by atoms with Crippen molar-refractivity contribution in [2.45, 2.75) is 79.6 Å². The summed E-state index contributed by atoms with van der Waals surface area (Å²) >= 11 is 0. The Hall–Kier alpha value is -2.56. The minimum absolute atomic E-state index is 0.00323. The third kappa shape index (κ3) is 5.97. The molecule has 1 aromatic carbocycles. The summed E-state index contributed by atoms with van der Waals surface area (Å²) < 4.78 is 2.21. The molecule has 1 heterocycles. The monoisotopic (exact) mass is 411 g/mol. The standard InChI is InChI=1S/C25H37N3O2/c1-7-20(4)27(22(6)29)18-25(30)28(21(5)8-2)17-24-14-11-15-26(24)16-23-13-10-9-12-19(23)3/h9-15,20-21H,7-8,16-18H2,1-6H3/t20-,21-/m0/s1. The van der Waals surface area contributed by atoms with E-state index in [9.17, 15) is 9.59 Å². The van der Waals surface area contributed by atoms with E-state index in [0.717, 1.165) is 25.1 Å². The summed E-state index contributed by atoms with van der Waals surface area (Å²) in [5, 5.41) is 0. The van der Waals surface area contributed by atoms with E-state index in [2.05, 4.69) is 61.9 Å². The van der Waals surface area contributed by atoms with Crippen LogP contribution in [0.15, 0.2) is 42.6 Å². The highest BCUT2D eigenvalue weighted by molar-refractivity contribution is 5.84. The van der Waals surface area contributed by atoms with Crippen LogP contribution in [0.2, 0.25) is 0 Å². The molecule has 164 valence electrons. The van der Waals surface area contributed by atoms with Gasteiger partial charge in [0, 0.05) is 37.4 Å². The Balaban J connectivity index is 2.21. The van der Waals surface area contributed by atoms with Crippen molar-refractivity contribution in [3.63, 3.8) is 0 Å². The van der Waals surface area contributed by atoms with Crippen LogP contribution >= 0.6 is 0 Å². The molecule has 5 nitrogen and oxygen atoms in total. The first kappa shape index (κ1) is 23.7. The van der Waals surface area contributed by atoms with Crippen LogP contribution in [0.3, 0.4) is 0 Å². The average molecular weight is 412 g/mol. The van der Waals surface area contributed by atoms with Gasteiger partial charge in [0.15, 0.2) is 0 Å². The molecule has 0 aliphatic heterocycles. The number of hydrogen-bond donors (Lipinski definition) is 0. The first-order valence-corrected chi connectivity index (χ1v) is 11.0. The summed E-state index contributed by atoms with van der Waals surface area (Å²) in [6.07, 6.45) is 3.77. The Bertz CT molecular complexity index is 842. The number of rotatable bonds is 10. The second kappa shape index (κ2) is 11.0. The van der Waals surface area contributed by atoms with Gasteiger partial charge < -0.3 is 14.4 Å². The van der Waals surface area contributed by atoms with Crippen molar-refractivity contribution in [1.82, 2.24) is 14.4 Å². The van der Waals surface area contributed by atoms with Crippen LogP contribution in [0, 0.1) is 6.92 Å². The highest BCUT2D eigenvalue weighted by atomic mass is 16.2. The van der Waals surface area contributed by atoms with Crippen LogP contribution in [0.5, 0.6) is 0 Å². The lowest BCUT2D eigenvalue weighted by Gasteiger charge is -2.33. The van der Waals surface area contributed by atoms with Crippen molar-refractivity contribution < 1.29 is 9.59 Å². The maximum Gasteiger partial charge on any atom is 0.242 e. The zero-order chi connectivity index (χ0) is 22.3. The first-order chi connectivity index (χ1) is 14.3. The first-order valence-electron chi connectivity index (χ1n) is 11.0. The third-order valence-corrected chi connectivity index (χ3v) is 6.13. The van der Waals surface area contributed by atoms with E-state index in [4.69, 9.17) is 0 Å². The Labute approximate surface area is 181 Å². The molecule has 0 aliphatic rings. The summed E-state index contributed by atoms with van der Waals surface area (Å²) in [6.45, 7) is 13.3. The van der Waals surface area contributed by atoms with Crippen LogP contribution in [0.1, 0.15) is 64.3 Å². The smallest absolute Gasteiger partial charge is 0.242 e. The van der Waals surface area contributed by atoms with Gasteiger partial charge in [-0.15, -0.1) is 0 Å². The van der Waals surface area contributed by atoms with Crippen molar-refractivity contribution in [2.75, 3.05) is 6.54 Å². The molecule has 0 fully saturated rings. The summed E-state index contributed by atoms with van der Waals surface area (Å²) in [7, 11) is 0. The van der Waals surface area contributed by atoms with E-state index < -0.39 is 0 Å². The predicted molar refractivity (Wildman–Crippen MR) is 122 cm³/mol. The van der Waals surface area contributed by atoms with Crippen molar-refractivity contribution in [2.24, 2.45) is 0 Å². The summed E-state index contributed by atoms with van der Waals surface area (Å²) in [5.74, 6) is -0.0479. The molecule has 0 bridgehead atoms. The third-order valence-electron chi connectivity index (χ3n) is 6.13. The minimum atomic E-state index is -0.0512. The number of aromatic nitrogens is 1. The van der Waals surface area contributed by atoms with Crippen molar-refractivity contribution in [3.05, 3.63) is 59.4 Å². The fourth-order valence-corrected chi connectivity index (χ4v) is 3.64. The average Bonchev–Trinajstić information content (AvgIpc) is 3.17. The lowest BCUT2D eigenvalue weighted by molar-refractivity contribution is -0.142. The normalized spacial score (nSPS) is 13.0. The van der Waals surface area contributed by atoms with Gasteiger partial charge in [0.2, 0.25) is 11.8 Å². The summed E-state index contributed by atoms with van der Waals surface area (Å²) in [5.41, 5.74) is 3.64. The molecule has 0 unspecified atom stereocenters. The molecule has 0 spiro atoms. The van der Waals surface area contributed by atoms with Crippen molar-refractivity contribution in [3.8, 4) is 0 Å². The Morgan fingerprint density at radius 3 is 2.20 bits per heavy atom. The quantitative estimate of drug-likeness (QED) is 0.573. The van der Waals surface area contributed by atoms with Crippen LogP contribution in [-0.4, -0.2) is 44.8 Å². The topological polar surface area (TPSA) is 45.6 Å². The fourth-order valence-electron chi connectivity index (χ4n) is 3.64. The number of hydrogen-bond acceptors (Lipinski definition) is 2. The molecule has 5 heteroatoms. The maximum atomic E-state index is 13.3. The number of carbonyl (C=O) groups excluding carboxylic acids is 2. The van der Waals surface area contributed by atoms with E-state index >= 15 is 0 Å². The second-order valence-electron chi connectivity index (χ2n) is 8.24. The minimum Gasteiger partial charge on any atom is -0.345 e. The van der Waals surface area contributed by atoms with Crippen LogP contribution in [-0.2, 0) is 22.7 Å². The lowest BCUT2D eigenvalue weighted by Crippen LogP contribution is -2.48. The van der Waals surface area contributed by atoms with Crippen LogP contribution in [0.4, 0.5) is 0 Å². The number of amides is 2. The van der Waals surface area contributed by atoms with Gasteiger partial charge in [0.1, 0.15) is 0 Å². The molecule has 0 N–H and O–H groups in total. The Morgan fingerprint density at radius 2 is 1.60 bits per heavy atom. The van der Waals surface area contributed by atoms with E-state index in [1.807, 2.05) is 24.8 Å². The maximum absolute atomic E-state index is 13.3. The van der Waals surface area contributed by atoms with Gasteiger partial charge in [-0.05, 0) is 56.9 Å². The zero-order valence-corrected chi connectivity index (χ0v) is 19.4. The molecule has 2 aromatic rings. The van der Waals surface area contributed by atoms with Gasteiger partial charge in [-0.1, -0.05) is 38.1 Å². The van der Waals surface area contributed by atoms with Gasteiger partial charge in [0.25, 0.3) is 0 Å². The molecule has 30 heavy (non-hydrogen) atoms. The Kier molecular flexibility index (Phi) is 8.70. The molecule has 0 saturated heterocycles. The Morgan fingerprint density at radius 1 is 0.967 bits per heavy atom. The van der Waals surface area contributed by atoms with E-state index in [1.54, 1.807) is 11.8 Å². The zero-order valence-electron chi connectivity index (χ0n) is 19.4. The molecule has 1 aromatic heterocycles. The largest absolute Gasteiger partial charge is 0.345 e. The molecule has 0 radical (unpaired) electrons. The summed E-state index contributed by atoms with van der Waals surface area (Å²) in [4.78, 5) is 29.0. The number of benzene rings is 1. The van der Waals surface area contributed by atoms with Crippen molar-refractivity contribution >= 4 is 11.8 Å². The number of nitrogens with zero attached hydrogens (tertiary/aromatic N) is 3. The highest BCUT2D eigenvalue weighted by Crippen LogP contribution is 2.17. The lowest BCUT2D eigenvalue weighted by atomic mass is 10.1. The molecule has 0 saturated carbocycles. The van der Waals surface area contributed by atoms with Gasteiger partial charge >= 0.3 is 0 Å². The molecule has 2 atom stereocenters. The second-order valence-corrected chi connectivity index (χ2v) is 8.24. The van der Waals surface area contributed by atoms with Gasteiger partial charge in [0.05, 0.1) is 13.1 Å². The SMILES string of the molecule is CC[C@H](C)N(CC(=O)N(Cc1cccn1Cc1ccccc1C)[C@@H](C)CC)C(C)=O. The van der Waals surface area contributed by atoms with E-state index in [-0.39, 0.29) is 30.4 Å². The molecular weight excluding hydrogens is 374 g/mol. The van der Waals surface area contributed by atoms with Crippen molar-refractivity contribution in [1.29, 1.82) is 0 Å². The summed E-state index contributed by atoms with van der Waals surface area (Å²) in [6, 6.07) is 12.7. The number of aryl methyl sites for hydroxylation is 1. The van der Waals surface area contributed by atoms with Gasteiger partial charge in [-0.25, -0.2) is 0 Å². The molecule has 0 aliphatic carbocycles. The van der Waals surface area contributed by atoms with Gasteiger partial charge in [-0.2, -0.15) is 0 Å². The van der Waals surface area contributed by atoms with E-state index in [1.165, 1.54) is 11.1 Å². The highest BCUT2D eigenvalue weighted by Gasteiger charge is 2.25.